The van der Waals surface area contributed by atoms with Crippen LogP contribution in [0.3, 0.4) is 0 Å². The molecule has 98 valence electrons. The number of hydrogen-bond donors (Lipinski definition) is 1. The van der Waals surface area contributed by atoms with Crippen molar-refractivity contribution in [3.8, 4) is 5.75 Å². The predicted molar refractivity (Wildman–Crippen MR) is 69.9 cm³/mol. The van der Waals surface area contributed by atoms with Crippen LogP contribution in [-0.2, 0) is 4.79 Å². The maximum atomic E-state index is 13.4. The molecule has 4 heteroatoms. The summed E-state index contributed by atoms with van der Waals surface area (Å²) in [5.74, 6) is 0.297. The molecule has 0 saturated carbocycles. The van der Waals surface area contributed by atoms with Crippen LogP contribution in [0.25, 0.3) is 6.08 Å². The second-order valence-corrected chi connectivity index (χ2v) is 3.84. The quantitative estimate of drug-likeness (QED) is 0.844. The van der Waals surface area contributed by atoms with Crippen molar-refractivity contribution in [3.05, 3.63) is 35.7 Å². The van der Waals surface area contributed by atoms with E-state index in [0.29, 0.717) is 24.3 Å². The van der Waals surface area contributed by atoms with E-state index in [1.165, 1.54) is 13.2 Å². The summed E-state index contributed by atoms with van der Waals surface area (Å²) in [5, 5.41) is 2.72. The van der Waals surface area contributed by atoms with Gasteiger partial charge in [-0.3, -0.25) is 4.79 Å². The van der Waals surface area contributed by atoms with Crippen molar-refractivity contribution < 1.29 is 13.9 Å². The van der Waals surface area contributed by atoms with Crippen molar-refractivity contribution in [3.63, 3.8) is 0 Å². The summed E-state index contributed by atoms with van der Waals surface area (Å²) in [6.45, 7) is 2.34. The van der Waals surface area contributed by atoms with E-state index in [9.17, 15) is 9.18 Å². The number of nitrogens with one attached hydrogen (secondary N) is 1. The Morgan fingerprint density at radius 2 is 2.28 bits per heavy atom. The van der Waals surface area contributed by atoms with E-state index in [2.05, 4.69) is 5.32 Å². The van der Waals surface area contributed by atoms with E-state index in [1.54, 1.807) is 24.3 Å². The van der Waals surface area contributed by atoms with Gasteiger partial charge in [0.25, 0.3) is 0 Å². The molecule has 0 radical (unpaired) electrons. The number of hydrogen-bond acceptors (Lipinski definition) is 2. The molecular formula is C14H18FNO2. The molecule has 1 aromatic rings. The number of methoxy groups -OCH3 is 1. The molecule has 1 rings (SSSR count). The van der Waals surface area contributed by atoms with Gasteiger partial charge in [-0.2, -0.15) is 0 Å². The van der Waals surface area contributed by atoms with Gasteiger partial charge in [0.15, 0.2) is 0 Å². The molecule has 0 aliphatic heterocycles. The van der Waals surface area contributed by atoms with Gasteiger partial charge in [-0.1, -0.05) is 19.1 Å². The third-order valence-electron chi connectivity index (χ3n) is 2.39. The van der Waals surface area contributed by atoms with Gasteiger partial charge in [-0.05, 0) is 24.6 Å². The average molecular weight is 251 g/mol. The molecule has 1 N–H and O–H groups in total. The van der Waals surface area contributed by atoms with Gasteiger partial charge in [0.05, 0.1) is 7.11 Å². The highest BCUT2D eigenvalue weighted by Gasteiger charge is 2.00. The maximum absolute atomic E-state index is 13.4. The van der Waals surface area contributed by atoms with E-state index in [-0.39, 0.29) is 11.7 Å². The lowest BCUT2D eigenvalue weighted by atomic mass is 10.2. The number of ether oxygens (including phenoxy) is 1. The van der Waals surface area contributed by atoms with Crippen molar-refractivity contribution in [2.75, 3.05) is 13.7 Å². The fraction of sp³-hybridized carbons (Fsp3) is 0.357. The highest BCUT2D eigenvalue weighted by atomic mass is 19.1. The molecule has 0 saturated heterocycles. The largest absolute Gasteiger partial charge is 0.497 e. The summed E-state index contributed by atoms with van der Waals surface area (Å²) in [4.78, 5) is 11.2. The number of carbonyl (C=O) groups excluding carboxylic acids is 1. The Kier molecular flexibility index (Phi) is 5.91. The van der Waals surface area contributed by atoms with Gasteiger partial charge < -0.3 is 10.1 Å². The summed E-state index contributed by atoms with van der Waals surface area (Å²) in [6, 6.07) is 4.53. The van der Waals surface area contributed by atoms with Crippen molar-refractivity contribution in [1.82, 2.24) is 5.32 Å². The van der Waals surface area contributed by atoms with Gasteiger partial charge in [-0.15, -0.1) is 0 Å². The summed E-state index contributed by atoms with van der Waals surface area (Å²) >= 11 is 0. The smallest absolute Gasteiger partial charge is 0.220 e. The maximum Gasteiger partial charge on any atom is 0.220 e. The van der Waals surface area contributed by atoms with E-state index in [0.717, 1.165) is 6.42 Å². The minimum Gasteiger partial charge on any atom is -0.497 e. The van der Waals surface area contributed by atoms with Crippen molar-refractivity contribution >= 4 is 12.0 Å². The number of amides is 1. The Hall–Kier alpha value is -1.84. The first kappa shape index (κ1) is 14.2. The first-order valence-corrected chi connectivity index (χ1v) is 5.94. The Morgan fingerprint density at radius 3 is 2.94 bits per heavy atom. The summed E-state index contributed by atoms with van der Waals surface area (Å²) in [6.07, 6.45) is 4.68. The fourth-order valence-electron chi connectivity index (χ4n) is 1.45. The second-order valence-electron chi connectivity index (χ2n) is 3.84. The minimum atomic E-state index is -0.313. The van der Waals surface area contributed by atoms with Gasteiger partial charge >= 0.3 is 0 Å². The van der Waals surface area contributed by atoms with Crippen molar-refractivity contribution in [2.45, 2.75) is 19.8 Å². The lowest BCUT2D eigenvalue weighted by Crippen LogP contribution is -2.22. The molecular weight excluding hydrogens is 233 g/mol. The number of halogens is 1. The third kappa shape index (κ3) is 4.57. The molecule has 18 heavy (non-hydrogen) atoms. The molecule has 0 bridgehead atoms. The Bertz CT molecular complexity index is 430. The van der Waals surface area contributed by atoms with Crippen molar-refractivity contribution in [1.29, 1.82) is 0 Å². The topological polar surface area (TPSA) is 38.3 Å². The van der Waals surface area contributed by atoms with Gasteiger partial charge in [0.1, 0.15) is 11.6 Å². The highest BCUT2D eigenvalue weighted by molar-refractivity contribution is 5.76. The average Bonchev–Trinajstić information content (AvgIpc) is 2.37. The van der Waals surface area contributed by atoms with Crippen LogP contribution in [-0.4, -0.2) is 19.6 Å². The Balaban J connectivity index is 2.53. The van der Waals surface area contributed by atoms with Crippen LogP contribution in [0.2, 0.25) is 0 Å². The third-order valence-corrected chi connectivity index (χ3v) is 2.39. The first-order chi connectivity index (χ1) is 8.67. The Morgan fingerprint density at radius 1 is 1.50 bits per heavy atom. The SMILES string of the molecule is CCCC(=O)NCC=Cc1cc(OC)ccc1F. The van der Waals surface area contributed by atoms with E-state index < -0.39 is 0 Å². The molecule has 3 nitrogen and oxygen atoms in total. The molecule has 0 unspecified atom stereocenters. The van der Waals surface area contributed by atoms with Gasteiger partial charge in [0.2, 0.25) is 5.91 Å². The molecule has 0 aliphatic rings. The zero-order valence-electron chi connectivity index (χ0n) is 10.7. The van der Waals surface area contributed by atoms with E-state index >= 15 is 0 Å². The minimum absolute atomic E-state index is 0.00765. The van der Waals surface area contributed by atoms with Crippen LogP contribution in [0.4, 0.5) is 4.39 Å². The lowest BCUT2D eigenvalue weighted by Gasteiger charge is -2.02. The number of benzene rings is 1. The standard InChI is InChI=1S/C14H18FNO2/c1-3-5-14(17)16-9-4-6-11-10-12(18-2)7-8-13(11)15/h4,6-8,10H,3,5,9H2,1-2H3,(H,16,17). The van der Waals surface area contributed by atoms with Crippen LogP contribution < -0.4 is 10.1 Å². The van der Waals surface area contributed by atoms with Crippen LogP contribution in [0.1, 0.15) is 25.3 Å². The molecule has 0 heterocycles. The number of carbonyl (C=O) groups is 1. The molecule has 0 atom stereocenters. The molecule has 0 fully saturated rings. The van der Waals surface area contributed by atoms with Crippen LogP contribution >= 0.6 is 0 Å². The summed E-state index contributed by atoms with van der Waals surface area (Å²) in [5.41, 5.74) is 0.444. The molecule has 0 spiro atoms. The highest BCUT2D eigenvalue weighted by Crippen LogP contribution is 2.17. The molecule has 1 amide bonds. The van der Waals surface area contributed by atoms with Gasteiger partial charge in [-0.25, -0.2) is 4.39 Å². The molecule has 0 aromatic heterocycles. The van der Waals surface area contributed by atoms with Crippen LogP contribution in [0, 0.1) is 5.82 Å². The molecule has 0 aliphatic carbocycles. The normalized spacial score (nSPS) is 10.6. The monoisotopic (exact) mass is 251 g/mol. The summed E-state index contributed by atoms with van der Waals surface area (Å²) in [7, 11) is 1.53. The zero-order valence-corrected chi connectivity index (χ0v) is 10.7. The second kappa shape index (κ2) is 7.48. The van der Waals surface area contributed by atoms with Gasteiger partial charge in [0, 0.05) is 18.5 Å². The van der Waals surface area contributed by atoms with Crippen molar-refractivity contribution in [2.24, 2.45) is 0 Å². The lowest BCUT2D eigenvalue weighted by molar-refractivity contribution is -0.120. The zero-order chi connectivity index (χ0) is 13.4. The first-order valence-electron chi connectivity index (χ1n) is 5.94. The summed E-state index contributed by atoms with van der Waals surface area (Å²) < 4.78 is 18.4. The molecule has 1 aromatic carbocycles. The Labute approximate surface area is 107 Å². The van der Waals surface area contributed by atoms with Crippen LogP contribution in [0.5, 0.6) is 5.75 Å². The fourth-order valence-corrected chi connectivity index (χ4v) is 1.45. The predicted octanol–water partition coefficient (Wildman–Crippen LogP) is 2.76. The number of rotatable bonds is 6. The van der Waals surface area contributed by atoms with Crippen LogP contribution in [0.15, 0.2) is 24.3 Å². The van der Waals surface area contributed by atoms with E-state index in [4.69, 9.17) is 4.74 Å². The van der Waals surface area contributed by atoms with E-state index in [1.807, 2.05) is 6.92 Å².